The second-order valence-electron chi connectivity index (χ2n) is 3.69. The third-order valence-electron chi connectivity index (χ3n) is 2.56. The largest absolute Gasteiger partial charge is 0.506 e. The van der Waals surface area contributed by atoms with Gasteiger partial charge >= 0.3 is 0 Å². The fourth-order valence-electron chi connectivity index (χ4n) is 1.67. The van der Waals surface area contributed by atoms with Crippen molar-refractivity contribution >= 4 is 49.1 Å². The Balaban J connectivity index is 2.29. The zero-order chi connectivity index (χ0) is 12.4. The summed E-state index contributed by atoms with van der Waals surface area (Å²) in [6.45, 7) is 2.89. The minimum Gasteiger partial charge on any atom is -0.506 e. The maximum Gasteiger partial charge on any atom is 0.140 e. The lowest BCUT2D eigenvalue weighted by molar-refractivity contribution is 0.0692. The van der Waals surface area contributed by atoms with Gasteiger partial charge in [-0.15, -0.1) is 0 Å². The Labute approximate surface area is 122 Å². The molecule has 3 nitrogen and oxygen atoms in total. The Morgan fingerprint density at radius 2 is 1.94 bits per heavy atom. The molecule has 6 heteroatoms. The van der Waals surface area contributed by atoms with E-state index in [1.54, 1.807) is 6.07 Å². The first-order valence-electron chi connectivity index (χ1n) is 5.14. The molecular weight excluding hydrogens is 370 g/mol. The number of thiocarbonyl (C=S) groups is 1. The van der Waals surface area contributed by atoms with Gasteiger partial charge in [-0.3, -0.25) is 0 Å². The molecule has 1 N–H and O–H groups in total. The van der Waals surface area contributed by atoms with E-state index in [0.29, 0.717) is 28.2 Å². The molecule has 1 aliphatic heterocycles. The zero-order valence-electron chi connectivity index (χ0n) is 8.95. The maximum absolute atomic E-state index is 10.0. The van der Waals surface area contributed by atoms with Crippen LogP contribution in [-0.4, -0.2) is 41.3 Å². The van der Waals surface area contributed by atoms with Crippen LogP contribution in [0.15, 0.2) is 21.1 Å². The van der Waals surface area contributed by atoms with E-state index in [1.165, 1.54) is 0 Å². The van der Waals surface area contributed by atoms with Crippen LogP contribution < -0.4 is 0 Å². The third kappa shape index (κ3) is 2.99. The number of phenols is 1. The number of hydrogen-bond acceptors (Lipinski definition) is 3. The summed E-state index contributed by atoms with van der Waals surface area (Å²) in [6, 6.07) is 3.62. The second kappa shape index (κ2) is 5.65. The molecule has 1 saturated heterocycles. The van der Waals surface area contributed by atoms with E-state index < -0.39 is 0 Å². The molecule has 1 aliphatic rings. The lowest BCUT2D eigenvalue weighted by Crippen LogP contribution is -2.40. The Hall–Kier alpha value is -0.170. The van der Waals surface area contributed by atoms with Crippen molar-refractivity contribution < 1.29 is 9.84 Å². The van der Waals surface area contributed by atoms with Gasteiger partial charge in [0.15, 0.2) is 0 Å². The van der Waals surface area contributed by atoms with Crippen LogP contribution in [0.25, 0.3) is 0 Å². The summed E-state index contributed by atoms with van der Waals surface area (Å²) in [5, 5.41) is 10.0. The Kier molecular flexibility index (Phi) is 4.41. The molecule has 0 bridgehead atoms. The molecule has 1 heterocycles. The molecule has 0 atom stereocenters. The van der Waals surface area contributed by atoms with Gasteiger partial charge in [0.25, 0.3) is 0 Å². The van der Waals surface area contributed by atoms with Gasteiger partial charge in [0.05, 0.1) is 23.2 Å². The third-order valence-corrected chi connectivity index (χ3v) is 4.10. The van der Waals surface area contributed by atoms with Crippen LogP contribution in [0.5, 0.6) is 5.75 Å². The van der Waals surface area contributed by atoms with Crippen LogP contribution in [0.1, 0.15) is 5.56 Å². The van der Waals surface area contributed by atoms with E-state index in [4.69, 9.17) is 17.0 Å². The minimum absolute atomic E-state index is 0.185. The highest BCUT2D eigenvalue weighted by Crippen LogP contribution is 2.32. The molecule has 0 saturated carbocycles. The number of hydrogen-bond donors (Lipinski definition) is 1. The number of rotatable bonds is 1. The highest BCUT2D eigenvalue weighted by Gasteiger charge is 2.19. The smallest absolute Gasteiger partial charge is 0.140 e. The lowest BCUT2D eigenvalue weighted by Gasteiger charge is -2.29. The number of phenolic OH excluding ortho intramolecular Hbond substituents is 1. The van der Waals surface area contributed by atoms with E-state index in [0.717, 1.165) is 17.6 Å². The van der Waals surface area contributed by atoms with E-state index in [1.807, 2.05) is 11.0 Å². The zero-order valence-corrected chi connectivity index (χ0v) is 12.9. The number of ether oxygens (including phenoxy) is 1. The maximum atomic E-state index is 10.0. The van der Waals surface area contributed by atoms with Crippen molar-refractivity contribution in [2.24, 2.45) is 0 Å². The van der Waals surface area contributed by atoms with E-state index in [-0.39, 0.29) is 5.75 Å². The van der Waals surface area contributed by atoms with Crippen LogP contribution in [0, 0.1) is 0 Å². The summed E-state index contributed by atoms with van der Waals surface area (Å²) in [7, 11) is 0. The van der Waals surface area contributed by atoms with Crippen LogP contribution in [-0.2, 0) is 4.74 Å². The molecule has 0 amide bonds. The van der Waals surface area contributed by atoms with Gasteiger partial charge in [-0.2, -0.15) is 0 Å². The summed E-state index contributed by atoms with van der Waals surface area (Å²) >= 11 is 12.1. The van der Waals surface area contributed by atoms with Gasteiger partial charge in [0.1, 0.15) is 10.7 Å². The van der Waals surface area contributed by atoms with Crippen LogP contribution in [0.2, 0.25) is 0 Å². The standard InChI is InChI=1S/C11H11Br2NO2S/c12-7-5-8(10(15)9(13)6-7)11(17)14-1-3-16-4-2-14/h5-6,15H,1-4H2. The first-order chi connectivity index (χ1) is 8.09. The minimum atomic E-state index is 0.185. The lowest BCUT2D eigenvalue weighted by atomic mass is 10.2. The van der Waals surface area contributed by atoms with E-state index in [9.17, 15) is 5.11 Å². The van der Waals surface area contributed by atoms with Gasteiger partial charge in [-0.1, -0.05) is 28.1 Å². The van der Waals surface area contributed by atoms with Crippen molar-refractivity contribution in [1.29, 1.82) is 0 Å². The molecule has 0 aliphatic carbocycles. The summed E-state index contributed by atoms with van der Waals surface area (Å²) < 4.78 is 6.80. The van der Waals surface area contributed by atoms with Gasteiger partial charge in [-0.25, -0.2) is 0 Å². The number of halogens is 2. The predicted octanol–water partition coefficient (Wildman–Crippen LogP) is 2.92. The molecule has 0 spiro atoms. The molecule has 0 unspecified atom stereocenters. The number of benzene rings is 1. The van der Waals surface area contributed by atoms with Crippen LogP contribution >= 0.6 is 44.1 Å². The second-order valence-corrected chi connectivity index (χ2v) is 5.85. The molecule has 0 radical (unpaired) electrons. The Bertz CT molecular complexity index is 447. The van der Waals surface area contributed by atoms with E-state index >= 15 is 0 Å². The van der Waals surface area contributed by atoms with Crippen molar-refractivity contribution in [2.45, 2.75) is 0 Å². The molecule has 17 heavy (non-hydrogen) atoms. The highest BCUT2D eigenvalue weighted by atomic mass is 79.9. The van der Waals surface area contributed by atoms with Crippen molar-refractivity contribution in [3.63, 3.8) is 0 Å². The van der Waals surface area contributed by atoms with Gasteiger partial charge in [0, 0.05) is 17.6 Å². The van der Waals surface area contributed by atoms with Crippen molar-refractivity contribution in [3.8, 4) is 5.75 Å². The topological polar surface area (TPSA) is 32.7 Å². The number of aromatic hydroxyl groups is 1. The Morgan fingerprint density at radius 1 is 1.29 bits per heavy atom. The van der Waals surface area contributed by atoms with Crippen LogP contribution in [0.3, 0.4) is 0 Å². The van der Waals surface area contributed by atoms with Gasteiger partial charge in [-0.05, 0) is 28.1 Å². The van der Waals surface area contributed by atoms with Gasteiger partial charge < -0.3 is 14.7 Å². The Morgan fingerprint density at radius 3 is 2.59 bits per heavy atom. The quantitative estimate of drug-likeness (QED) is 0.759. The summed E-state index contributed by atoms with van der Waals surface area (Å²) in [5.41, 5.74) is 0.670. The molecule has 92 valence electrons. The summed E-state index contributed by atoms with van der Waals surface area (Å²) in [6.07, 6.45) is 0. The molecule has 1 aromatic rings. The molecule has 0 aromatic heterocycles. The van der Waals surface area contributed by atoms with E-state index in [2.05, 4.69) is 31.9 Å². The van der Waals surface area contributed by atoms with Gasteiger partial charge in [0.2, 0.25) is 0 Å². The van der Waals surface area contributed by atoms with Crippen molar-refractivity contribution in [2.75, 3.05) is 26.3 Å². The number of nitrogens with zero attached hydrogens (tertiary/aromatic N) is 1. The fourth-order valence-corrected chi connectivity index (χ4v) is 3.23. The van der Waals surface area contributed by atoms with Crippen molar-refractivity contribution in [3.05, 3.63) is 26.6 Å². The number of morpholine rings is 1. The predicted molar refractivity (Wildman–Crippen MR) is 77.6 cm³/mol. The fraction of sp³-hybridized carbons (Fsp3) is 0.364. The molecule has 1 fully saturated rings. The molecule has 2 rings (SSSR count). The first kappa shape index (κ1) is 13.3. The average molecular weight is 381 g/mol. The monoisotopic (exact) mass is 379 g/mol. The summed E-state index contributed by atoms with van der Waals surface area (Å²) in [5.74, 6) is 0.185. The molecule has 1 aromatic carbocycles. The van der Waals surface area contributed by atoms with Crippen molar-refractivity contribution in [1.82, 2.24) is 4.90 Å². The highest BCUT2D eigenvalue weighted by molar-refractivity contribution is 9.11. The average Bonchev–Trinajstić information content (AvgIpc) is 2.34. The molecular formula is C11H11Br2NO2S. The normalized spacial score (nSPS) is 16.0. The van der Waals surface area contributed by atoms with Crippen LogP contribution in [0.4, 0.5) is 0 Å². The SMILES string of the molecule is Oc1c(Br)cc(Br)cc1C(=S)N1CCOCC1. The summed E-state index contributed by atoms with van der Waals surface area (Å²) in [4.78, 5) is 2.71. The first-order valence-corrected chi connectivity index (χ1v) is 7.14.